The van der Waals surface area contributed by atoms with Gasteiger partial charge in [-0.1, -0.05) is 42.5 Å². The van der Waals surface area contributed by atoms with E-state index in [0.29, 0.717) is 6.61 Å². The number of piperazine rings is 1. The molecule has 1 saturated heterocycles. The maximum atomic E-state index is 13.7. The van der Waals surface area contributed by atoms with Gasteiger partial charge in [-0.3, -0.25) is 4.90 Å². The molecule has 3 heterocycles. The van der Waals surface area contributed by atoms with Crippen molar-refractivity contribution in [3.63, 3.8) is 0 Å². The largest absolute Gasteiger partial charge is 0.361 e. The Balaban J connectivity index is 1.16. The number of hydrogen-bond donors (Lipinski definition) is 0. The van der Waals surface area contributed by atoms with Gasteiger partial charge in [0, 0.05) is 38.1 Å². The quantitative estimate of drug-likeness (QED) is 0.284. The fourth-order valence-corrected chi connectivity index (χ4v) is 6.76. The van der Waals surface area contributed by atoms with Crippen molar-refractivity contribution in [1.82, 2.24) is 14.2 Å². The van der Waals surface area contributed by atoms with Crippen LogP contribution >= 0.6 is 11.5 Å². The Labute approximate surface area is 228 Å². The van der Waals surface area contributed by atoms with E-state index in [9.17, 15) is 4.39 Å². The van der Waals surface area contributed by atoms with Crippen LogP contribution in [0.5, 0.6) is 0 Å². The van der Waals surface area contributed by atoms with Crippen LogP contribution in [0.2, 0.25) is 0 Å². The van der Waals surface area contributed by atoms with E-state index in [0.717, 1.165) is 63.5 Å². The fourth-order valence-electron chi connectivity index (χ4n) is 5.97. The van der Waals surface area contributed by atoms with Crippen molar-refractivity contribution in [3.8, 4) is 0 Å². The number of benzene rings is 3. The number of aromatic nitrogens is 1. The third kappa shape index (κ3) is 4.96. The highest BCUT2D eigenvalue weighted by molar-refractivity contribution is 7.13. The number of rotatable bonds is 8. The highest BCUT2D eigenvalue weighted by atomic mass is 32.1. The molecular weight excluding hydrogens is 495 g/mol. The van der Waals surface area contributed by atoms with Gasteiger partial charge in [0.1, 0.15) is 17.2 Å². The van der Waals surface area contributed by atoms with Crippen molar-refractivity contribution in [1.29, 1.82) is 0 Å². The predicted molar refractivity (Wildman–Crippen MR) is 153 cm³/mol. The average molecular weight is 531 g/mol. The van der Waals surface area contributed by atoms with Crippen LogP contribution in [0, 0.1) is 5.82 Å². The zero-order chi connectivity index (χ0) is 26.1. The first-order valence-electron chi connectivity index (χ1n) is 13.5. The first-order chi connectivity index (χ1) is 18.5. The smallest absolute Gasteiger partial charge is 0.150 e. The molecule has 1 fully saturated rings. The highest BCUT2D eigenvalue weighted by Crippen LogP contribution is 2.45. The lowest BCUT2D eigenvalue weighted by Gasteiger charge is -2.35. The molecule has 6 rings (SSSR count). The topological polar surface area (TPSA) is 31.8 Å². The van der Waals surface area contributed by atoms with E-state index in [2.05, 4.69) is 71.3 Å². The molecule has 5 nitrogen and oxygen atoms in total. The second-order valence-electron chi connectivity index (χ2n) is 10.8. The molecule has 0 amide bonds. The van der Waals surface area contributed by atoms with Gasteiger partial charge >= 0.3 is 0 Å². The van der Waals surface area contributed by atoms with Gasteiger partial charge in [0.25, 0.3) is 0 Å². The molecule has 1 atom stereocenters. The summed E-state index contributed by atoms with van der Waals surface area (Å²) in [7, 11) is 4.19. The van der Waals surface area contributed by atoms with E-state index in [4.69, 9.17) is 9.11 Å². The number of hydrogen-bond acceptors (Lipinski definition) is 6. The monoisotopic (exact) mass is 530 g/mol. The van der Waals surface area contributed by atoms with Crippen molar-refractivity contribution in [2.75, 3.05) is 51.7 Å². The maximum absolute atomic E-state index is 13.7. The Morgan fingerprint density at radius 2 is 1.79 bits per heavy atom. The molecule has 7 heteroatoms. The van der Waals surface area contributed by atoms with Crippen LogP contribution in [0.1, 0.15) is 35.1 Å². The summed E-state index contributed by atoms with van der Waals surface area (Å²) in [5.41, 5.74) is 4.33. The third-order valence-corrected chi connectivity index (χ3v) is 8.78. The summed E-state index contributed by atoms with van der Waals surface area (Å²) >= 11 is 1.59. The van der Waals surface area contributed by atoms with E-state index in [1.807, 2.05) is 12.1 Å². The molecule has 0 aliphatic carbocycles. The van der Waals surface area contributed by atoms with E-state index in [1.165, 1.54) is 26.8 Å². The zero-order valence-electron chi connectivity index (χ0n) is 22.2. The number of halogens is 1. The number of ether oxygens (including phenoxy) is 1. The van der Waals surface area contributed by atoms with E-state index in [-0.39, 0.29) is 5.82 Å². The van der Waals surface area contributed by atoms with E-state index in [1.54, 1.807) is 23.7 Å². The van der Waals surface area contributed by atoms with Gasteiger partial charge in [-0.25, -0.2) is 4.39 Å². The van der Waals surface area contributed by atoms with Crippen LogP contribution in [-0.2, 0) is 23.5 Å². The minimum Gasteiger partial charge on any atom is -0.361 e. The minimum atomic E-state index is -0.514. The van der Waals surface area contributed by atoms with Crippen LogP contribution in [-0.4, -0.2) is 61.0 Å². The lowest BCUT2D eigenvalue weighted by Crippen LogP contribution is -2.46. The fraction of sp³-hybridized carbons (Fsp3) is 0.387. The highest BCUT2D eigenvalue weighted by Gasteiger charge is 2.41. The zero-order valence-corrected chi connectivity index (χ0v) is 23.0. The molecule has 38 heavy (non-hydrogen) atoms. The van der Waals surface area contributed by atoms with Gasteiger partial charge in [0.2, 0.25) is 0 Å². The van der Waals surface area contributed by atoms with Gasteiger partial charge in [-0.15, -0.1) is 0 Å². The Morgan fingerprint density at radius 3 is 2.58 bits per heavy atom. The molecule has 0 saturated carbocycles. The molecule has 198 valence electrons. The van der Waals surface area contributed by atoms with E-state index >= 15 is 0 Å². The minimum absolute atomic E-state index is 0.214. The summed E-state index contributed by atoms with van der Waals surface area (Å²) < 4.78 is 26.3. The normalized spacial score (nSPS) is 19.9. The Kier molecular flexibility index (Phi) is 7.18. The van der Waals surface area contributed by atoms with Gasteiger partial charge < -0.3 is 14.5 Å². The van der Waals surface area contributed by atoms with Crippen molar-refractivity contribution < 1.29 is 9.13 Å². The summed E-state index contributed by atoms with van der Waals surface area (Å²) in [6.07, 6.45) is 1.88. The maximum Gasteiger partial charge on any atom is 0.150 e. The molecule has 2 aliphatic heterocycles. The SMILES string of the molecule is CN(C)CCCC1(c2ccc(F)cc2)OCc2cc(CN3CCN(c4nsc5ccccc45)CC3)ccc21. The van der Waals surface area contributed by atoms with Crippen LogP contribution in [0.15, 0.2) is 66.7 Å². The third-order valence-electron chi connectivity index (χ3n) is 7.96. The van der Waals surface area contributed by atoms with Crippen LogP contribution in [0.4, 0.5) is 10.2 Å². The van der Waals surface area contributed by atoms with Crippen LogP contribution in [0.25, 0.3) is 10.1 Å². The summed E-state index contributed by atoms with van der Waals surface area (Å²) in [6.45, 7) is 6.52. The van der Waals surface area contributed by atoms with Crippen LogP contribution in [0.3, 0.4) is 0 Å². The van der Waals surface area contributed by atoms with E-state index < -0.39 is 5.60 Å². The predicted octanol–water partition coefficient (Wildman–Crippen LogP) is 5.87. The Morgan fingerprint density at radius 1 is 1.00 bits per heavy atom. The summed E-state index contributed by atoms with van der Waals surface area (Å²) in [4.78, 5) is 7.16. The Hall–Kier alpha value is -2.84. The summed E-state index contributed by atoms with van der Waals surface area (Å²) in [6, 6.07) is 22.2. The van der Waals surface area contributed by atoms with Gasteiger partial charge in [0.15, 0.2) is 0 Å². The molecule has 2 aliphatic rings. The number of nitrogens with zero attached hydrogens (tertiary/aromatic N) is 4. The van der Waals surface area contributed by atoms with Crippen molar-refractivity contribution in [2.45, 2.75) is 31.6 Å². The second kappa shape index (κ2) is 10.7. The lowest BCUT2D eigenvalue weighted by molar-refractivity contribution is -0.0140. The average Bonchev–Trinajstić information content (AvgIpc) is 3.52. The first-order valence-corrected chi connectivity index (χ1v) is 14.3. The second-order valence-corrected chi connectivity index (χ2v) is 11.6. The molecule has 1 unspecified atom stereocenters. The first kappa shape index (κ1) is 25.4. The van der Waals surface area contributed by atoms with Gasteiger partial charge in [0.05, 0.1) is 11.3 Å². The summed E-state index contributed by atoms with van der Waals surface area (Å²) in [5, 5.41) is 1.26. The molecule has 1 aromatic heterocycles. The molecular formula is C31H35FN4OS. The molecule has 4 aromatic rings. The lowest BCUT2D eigenvalue weighted by atomic mass is 9.81. The molecule has 0 N–H and O–H groups in total. The molecule has 0 radical (unpaired) electrons. The molecule has 0 bridgehead atoms. The molecule has 0 spiro atoms. The van der Waals surface area contributed by atoms with Crippen LogP contribution < -0.4 is 4.90 Å². The summed E-state index contributed by atoms with van der Waals surface area (Å²) in [5.74, 6) is 0.917. The van der Waals surface area contributed by atoms with Gasteiger partial charge in [-0.2, -0.15) is 4.37 Å². The van der Waals surface area contributed by atoms with Crippen molar-refractivity contribution >= 4 is 27.4 Å². The Bertz CT molecular complexity index is 1400. The van der Waals surface area contributed by atoms with Gasteiger partial charge in [-0.05, 0) is 91.5 Å². The standard InChI is InChI=1S/C31H35FN4OS/c1-34(2)15-5-14-31(25-9-11-26(32)12-10-25)28-13-8-23(20-24(28)22-37-31)21-35-16-18-36(19-17-35)30-27-6-3-4-7-29(27)38-33-30/h3-4,6-13,20H,5,14-19,21-22H2,1-2H3. The molecule has 3 aromatic carbocycles. The number of anilines is 1. The van der Waals surface area contributed by atoms with Crippen molar-refractivity contribution in [2.24, 2.45) is 0 Å². The van der Waals surface area contributed by atoms with Crippen molar-refractivity contribution in [3.05, 3.63) is 94.8 Å². The number of fused-ring (bicyclic) bond motifs is 2.